The fourth-order valence-corrected chi connectivity index (χ4v) is 2.68. The van der Waals surface area contributed by atoms with E-state index in [1.807, 2.05) is 0 Å². The highest BCUT2D eigenvalue weighted by Gasteiger charge is 2.27. The van der Waals surface area contributed by atoms with Crippen LogP contribution in [0.4, 0.5) is 10.3 Å². The maximum absolute atomic E-state index is 14.2. The molecule has 0 saturated carbocycles. The van der Waals surface area contributed by atoms with Gasteiger partial charge in [-0.1, -0.05) is 0 Å². The van der Waals surface area contributed by atoms with Crippen LogP contribution < -0.4 is 15.5 Å². The third kappa shape index (κ3) is 2.20. The smallest absolute Gasteiger partial charge is 0.210 e. The lowest BCUT2D eigenvalue weighted by molar-refractivity contribution is 0.140. The molecule has 9 heteroatoms. The lowest BCUT2D eigenvalue weighted by Gasteiger charge is -2.13. The van der Waals surface area contributed by atoms with E-state index in [0.29, 0.717) is 33.9 Å². The number of benzene rings is 1. The Kier molecular flexibility index (Phi) is 3.15. The molecule has 0 fully saturated rings. The van der Waals surface area contributed by atoms with Gasteiger partial charge >= 0.3 is 0 Å². The Bertz CT molecular complexity index is 900. The van der Waals surface area contributed by atoms with Crippen molar-refractivity contribution in [3.63, 3.8) is 0 Å². The van der Waals surface area contributed by atoms with Crippen LogP contribution in [0.1, 0.15) is 17.2 Å². The molecule has 1 unspecified atom stereocenters. The number of hydrogen-bond acceptors (Lipinski definition) is 6. The van der Waals surface area contributed by atoms with E-state index in [-0.39, 0.29) is 13.2 Å². The highest BCUT2D eigenvalue weighted by molar-refractivity contribution is 6.36. The predicted octanol–water partition coefficient (Wildman–Crippen LogP) is 0.0951. The average molecular weight is 311 g/mol. The lowest BCUT2D eigenvalue weighted by atomic mass is 10.00. The highest BCUT2D eigenvalue weighted by Crippen LogP contribution is 2.36. The first-order valence-electron chi connectivity index (χ1n) is 6.95. The number of hydrogen-bond donors (Lipinski definition) is 2. The molecule has 1 aromatic carbocycles. The van der Waals surface area contributed by atoms with Crippen molar-refractivity contribution in [1.29, 1.82) is 0 Å². The quantitative estimate of drug-likeness (QED) is 0.667. The Morgan fingerprint density at radius 2 is 2.35 bits per heavy atom. The summed E-state index contributed by atoms with van der Waals surface area (Å²) >= 11 is 0. The molecule has 0 spiro atoms. The Morgan fingerprint density at radius 1 is 1.48 bits per heavy atom. The largest absolute Gasteiger partial charge is 0.490 e. The Labute approximate surface area is 131 Å². The Balaban J connectivity index is 1.69. The van der Waals surface area contributed by atoms with Crippen molar-refractivity contribution in [3.8, 4) is 5.75 Å². The minimum Gasteiger partial charge on any atom is -0.490 e. The van der Waals surface area contributed by atoms with Gasteiger partial charge in [0.05, 0.1) is 0 Å². The molecule has 3 aromatic rings. The van der Waals surface area contributed by atoms with Crippen LogP contribution in [-0.2, 0) is 6.54 Å². The summed E-state index contributed by atoms with van der Waals surface area (Å²) in [7, 11) is 5.77. The Hall–Kier alpha value is -2.68. The molecule has 23 heavy (non-hydrogen) atoms. The Morgan fingerprint density at radius 3 is 3.22 bits per heavy atom. The van der Waals surface area contributed by atoms with Crippen LogP contribution in [0.25, 0.3) is 5.65 Å². The number of fused-ring (bicyclic) bond motifs is 2. The fourth-order valence-electron chi connectivity index (χ4n) is 2.68. The van der Waals surface area contributed by atoms with Crippen molar-refractivity contribution in [2.75, 3.05) is 11.9 Å². The molecule has 0 aliphatic carbocycles. The van der Waals surface area contributed by atoms with Crippen LogP contribution in [0.15, 0.2) is 24.7 Å². The molecule has 2 radical (unpaired) electrons. The molecule has 114 valence electrons. The van der Waals surface area contributed by atoms with Crippen LogP contribution in [0.5, 0.6) is 5.75 Å². The van der Waals surface area contributed by atoms with Gasteiger partial charge in [-0.05, 0) is 17.6 Å². The van der Waals surface area contributed by atoms with Crippen LogP contribution in [-0.4, -0.2) is 39.1 Å². The monoisotopic (exact) mass is 311 g/mol. The van der Waals surface area contributed by atoms with Crippen LogP contribution >= 0.6 is 0 Å². The second-order valence-corrected chi connectivity index (χ2v) is 5.18. The van der Waals surface area contributed by atoms with Gasteiger partial charge < -0.3 is 15.2 Å². The van der Waals surface area contributed by atoms with E-state index in [1.165, 1.54) is 24.7 Å². The third-order valence-electron chi connectivity index (χ3n) is 3.77. The summed E-state index contributed by atoms with van der Waals surface area (Å²) in [6.07, 6.45) is 2.08. The first-order chi connectivity index (χ1) is 11.1. The van der Waals surface area contributed by atoms with Crippen LogP contribution in [0.2, 0.25) is 0 Å². The van der Waals surface area contributed by atoms with Gasteiger partial charge in [0.2, 0.25) is 5.95 Å². The van der Waals surface area contributed by atoms with E-state index in [0.717, 1.165) is 0 Å². The second kappa shape index (κ2) is 5.20. The molecule has 7 nitrogen and oxygen atoms in total. The standard InChI is InChI=1S/C14H11BFN5O2/c15-8-4-18-14(21-6-19-20-13(8)21)17-3-7-9(16)1-2-11-12(7)10(22)5-23-11/h1-2,4,6,10,22H,3,5H2,(H,17,18). The molecule has 0 saturated heterocycles. The molecule has 1 aliphatic rings. The second-order valence-electron chi connectivity index (χ2n) is 5.18. The van der Waals surface area contributed by atoms with Crippen molar-refractivity contribution in [2.24, 2.45) is 0 Å². The molecule has 2 N–H and O–H groups in total. The zero-order chi connectivity index (χ0) is 16.0. The lowest BCUT2D eigenvalue weighted by Crippen LogP contribution is -2.15. The molecule has 0 amide bonds. The maximum atomic E-state index is 14.2. The summed E-state index contributed by atoms with van der Waals surface area (Å²) in [6, 6.07) is 2.84. The summed E-state index contributed by atoms with van der Waals surface area (Å²) < 4.78 is 21.1. The summed E-state index contributed by atoms with van der Waals surface area (Å²) in [5, 5.41) is 20.7. The normalized spacial score (nSPS) is 16.3. The summed E-state index contributed by atoms with van der Waals surface area (Å²) in [5.74, 6) is 0.497. The fraction of sp³-hybridized carbons (Fsp3) is 0.214. The summed E-state index contributed by atoms with van der Waals surface area (Å²) in [4.78, 5) is 4.17. The molecule has 3 heterocycles. The summed E-state index contributed by atoms with van der Waals surface area (Å²) in [5.41, 5.74) is 1.66. The highest BCUT2D eigenvalue weighted by atomic mass is 19.1. The molecule has 1 atom stereocenters. The zero-order valence-corrected chi connectivity index (χ0v) is 11.9. The van der Waals surface area contributed by atoms with E-state index in [2.05, 4.69) is 20.5 Å². The molecular formula is C14H11BFN5O2. The van der Waals surface area contributed by atoms with Gasteiger partial charge in [-0.2, -0.15) is 0 Å². The first kappa shape index (κ1) is 14.0. The number of anilines is 1. The van der Waals surface area contributed by atoms with Gasteiger partial charge in [0.1, 0.15) is 38.5 Å². The van der Waals surface area contributed by atoms with Crippen molar-refractivity contribution in [3.05, 3.63) is 41.6 Å². The number of nitrogens with zero attached hydrogens (tertiary/aromatic N) is 4. The van der Waals surface area contributed by atoms with Crippen molar-refractivity contribution < 1.29 is 14.2 Å². The van der Waals surface area contributed by atoms with Gasteiger partial charge in [-0.25, -0.2) is 9.37 Å². The minimum atomic E-state index is -0.841. The van der Waals surface area contributed by atoms with Crippen molar-refractivity contribution in [2.45, 2.75) is 12.6 Å². The molecule has 1 aliphatic heterocycles. The maximum Gasteiger partial charge on any atom is 0.210 e. The SMILES string of the molecule is [B]c1cnc(NCc2c(F)ccc3c2C(O)CO3)n2cnnc12. The van der Waals surface area contributed by atoms with Gasteiger partial charge in [-0.3, -0.25) is 4.40 Å². The average Bonchev–Trinajstić information content (AvgIpc) is 3.16. The topological polar surface area (TPSA) is 84.6 Å². The van der Waals surface area contributed by atoms with E-state index < -0.39 is 11.9 Å². The number of aliphatic hydroxyl groups is 1. The minimum absolute atomic E-state index is 0.125. The van der Waals surface area contributed by atoms with Gasteiger partial charge in [0.25, 0.3) is 0 Å². The van der Waals surface area contributed by atoms with E-state index in [1.54, 1.807) is 4.40 Å². The molecule has 0 bridgehead atoms. The number of rotatable bonds is 3. The van der Waals surface area contributed by atoms with Gasteiger partial charge in [0, 0.05) is 23.9 Å². The molecule has 2 aromatic heterocycles. The number of nitrogens with one attached hydrogen (secondary N) is 1. The van der Waals surface area contributed by atoms with E-state index in [4.69, 9.17) is 12.6 Å². The first-order valence-corrected chi connectivity index (χ1v) is 6.95. The number of aromatic nitrogens is 4. The third-order valence-corrected chi connectivity index (χ3v) is 3.77. The van der Waals surface area contributed by atoms with E-state index in [9.17, 15) is 9.50 Å². The van der Waals surface area contributed by atoms with Crippen LogP contribution in [0.3, 0.4) is 0 Å². The zero-order valence-electron chi connectivity index (χ0n) is 11.9. The number of halogens is 1. The summed E-state index contributed by atoms with van der Waals surface area (Å²) in [6.45, 7) is 0.251. The van der Waals surface area contributed by atoms with Crippen molar-refractivity contribution >= 4 is 24.9 Å². The van der Waals surface area contributed by atoms with E-state index >= 15 is 0 Å². The van der Waals surface area contributed by atoms with Crippen molar-refractivity contribution in [1.82, 2.24) is 19.6 Å². The number of ether oxygens (including phenoxy) is 1. The van der Waals surface area contributed by atoms with Gasteiger partial charge in [0.15, 0.2) is 5.65 Å². The molecular weight excluding hydrogens is 300 g/mol. The predicted molar refractivity (Wildman–Crippen MR) is 80.4 cm³/mol. The van der Waals surface area contributed by atoms with Gasteiger partial charge in [-0.15, -0.1) is 10.2 Å². The van der Waals surface area contributed by atoms with Crippen LogP contribution in [0, 0.1) is 5.82 Å². The number of aliphatic hydroxyl groups excluding tert-OH is 1. The molecule has 4 rings (SSSR count).